The van der Waals surface area contributed by atoms with Gasteiger partial charge >= 0.3 is 0 Å². The maximum absolute atomic E-state index is 5.34. The second-order valence-electron chi connectivity index (χ2n) is 4.23. The van der Waals surface area contributed by atoms with Crippen molar-refractivity contribution in [3.8, 4) is 0 Å². The van der Waals surface area contributed by atoms with Crippen LogP contribution < -0.4 is 5.32 Å². The Morgan fingerprint density at radius 3 is 2.77 bits per heavy atom. The highest BCUT2D eigenvalue weighted by Gasteiger charge is 2.18. The molecule has 0 aromatic carbocycles. The van der Waals surface area contributed by atoms with E-state index in [1.165, 1.54) is 38.6 Å². The molecule has 0 aliphatic carbocycles. The van der Waals surface area contributed by atoms with E-state index in [0.717, 1.165) is 19.1 Å². The van der Waals surface area contributed by atoms with Gasteiger partial charge in [-0.2, -0.15) is 0 Å². The Morgan fingerprint density at radius 2 is 2.08 bits per heavy atom. The first kappa shape index (κ1) is 9.47. The normalized spacial score (nSPS) is 30.9. The van der Waals surface area contributed by atoms with Crippen LogP contribution in [-0.2, 0) is 4.74 Å². The zero-order valence-electron chi connectivity index (χ0n) is 8.30. The highest BCUT2D eigenvalue weighted by Crippen LogP contribution is 2.22. The molecule has 2 aliphatic rings. The van der Waals surface area contributed by atoms with Crippen molar-refractivity contribution in [2.75, 3.05) is 19.8 Å². The summed E-state index contributed by atoms with van der Waals surface area (Å²) < 4.78 is 5.34. The average molecular weight is 182 g/mol. The average Bonchev–Trinajstić information content (AvgIpc) is 2.69. The van der Waals surface area contributed by atoms with Gasteiger partial charge in [0.15, 0.2) is 0 Å². The summed E-state index contributed by atoms with van der Waals surface area (Å²) in [7, 11) is 0. The van der Waals surface area contributed by atoms with Crippen LogP contribution in [0.2, 0.25) is 0 Å². The minimum absolute atomic E-state index is 0.711. The Hall–Kier alpha value is -0.0800. The van der Waals surface area contributed by atoms with Gasteiger partial charge in [-0.05, 0) is 51.0 Å². The fourth-order valence-corrected chi connectivity index (χ4v) is 2.25. The smallest absolute Gasteiger partial charge is 0.0468 e. The van der Waals surface area contributed by atoms with Gasteiger partial charge in [-0.15, -0.1) is 0 Å². The summed E-state index contributed by atoms with van der Waals surface area (Å²) in [5.41, 5.74) is 0. The van der Waals surface area contributed by atoms with Gasteiger partial charge in [-0.1, -0.05) is 0 Å². The monoisotopic (exact) mass is 182 g/mol. The quantitative estimate of drug-likeness (QED) is 0.718. The van der Waals surface area contributed by atoms with E-state index in [0.29, 0.717) is 6.04 Å². The van der Waals surface area contributed by atoms with Gasteiger partial charge in [-0.3, -0.25) is 0 Å². The first-order valence-electron chi connectivity index (χ1n) is 5.59. The zero-order chi connectivity index (χ0) is 8.93. The highest BCUT2D eigenvalue weighted by molar-refractivity contribution is 4.88. The van der Waals surface area contributed by atoms with E-state index in [9.17, 15) is 0 Å². The summed E-state index contributed by atoms with van der Waals surface area (Å²) in [5, 5.41) is 3.51. The predicted molar refractivity (Wildman–Crippen MR) is 53.5 cm³/mol. The van der Waals surface area contributed by atoms with E-state index in [2.05, 4.69) is 11.7 Å². The molecular formula is C11H20NO. The molecule has 2 aliphatic heterocycles. The predicted octanol–water partition coefficient (Wildman–Crippen LogP) is 1.76. The summed E-state index contributed by atoms with van der Waals surface area (Å²) in [6.07, 6.45) is 9.02. The molecule has 0 bridgehead atoms. The van der Waals surface area contributed by atoms with E-state index in [-0.39, 0.29) is 0 Å². The summed E-state index contributed by atoms with van der Waals surface area (Å²) in [6, 6.07) is 0.711. The number of nitrogens with one attached hydrogen (secondary N) is 1. The van der Waals surface area contributed by atoms with E-state index < -0.39 is 0 Å². The molecule has 2 nitrogen and oxygen atoms in total. The first-order valence-corrected chi connectivity index (χ1v) is 5.59. The topological polar surface area (TPSA) is 21.3 Å². The van der Waals surface area contributed by atoms with E-state index >= 15 is 0 Å². The third-order valence-corrected chi connectivity index (χ3v) is 3.19. The Balaban J connectivity index is 1.60. The van der Waals surface area contributed by atoms with Crippen molar-refractivity contribution in [2.45, 2.75) is 38.1 Å². The minimum atomic E-state index is 0.711. The van der Waals surface area contributed by atoms with Crippen LogP contribution in [0.1, 0.15) is 32.1 Å². The lowest BCUT2D eigenvalue weighted by atomic mass is 9.92. The maximum atomic E-state index is 5.34. The molecule has 2 heteroatoms. The van der Waals surface area contributed by atoms with E-state index in [1.54, 1.807) is 0 Å². The van der Waals surface area contributed by atoms with E-state index in [1.807, 2.05) is 0 Å². The van der Waals surface area contributed by atoms with Crippen LogP contribution >= 0.6 is 0 Å². The molecule has 0 aromatic rings. The van der Waals surface area contributed by atoms with Gasteiger partial charge in [0.1, 0.15) is 0 Å². The third-order valence-electron chi connectivity index (χ3n) is 3.19. The second kappa shape index (κ2) is 4.97. The molecule has 2 fully saturated rings. The number of hydrogen-bond acceptors (Lipinski definition) is 2. The Morgan fingerprint density at radius 1 is 1.23 bits per heavy atom. The molecule has 2 saturated heterocycles. The maximum Gasteiger partial charge on any atom is 0.0468 e. The number of rotatable bonds is 3. The molecule has 1 atom stereocenters. The summed E-state index contributed by atoms with van der Waals surface area (Å²) in [6.45, 7) is 3.18. The highest BCUT2D eigenvalue weighted by atomic mass is 16.5. The molecule has 0 saturated carbocycles. The lowest BCUT2D eigenvalue weighted by molar-refractivity contribution is 0.0658. The molecule has 1 unspecified atom stereocenters. The van der Waals surface area contributed by atoms with Crippen molar-refractivity contribution in [3.05, 3.63) is 6.42 Å². The molecule has 75 valence electrons. The van der Waals surface area contributed by atoms with Crippen molar-refractivity contribution in [1.82, 2.24) is 5.32 Å². The van der Waals surface area contributed by atoms with Gasteiger partial charge in [0.2, 0.25) is 0 Å². The molecule has 0 amide bonds. The molecule has 2 heterocycles. The molecular weight excluding hydrogens is 162 g/mol. The summed E-state index contributed by atoms with van der Waals surface area (Å²) >= 11 is 0. The van der Waals surface area contributed by atoms with Crippen LogP contribution in [0.5, 0.6) is 0 Å². The largest absolute Gasteiger partial charge is 0.381 e. The summed E-state index contributed by atoms with van der Waals surface area (Å²) in [5.74, 6) is 0.899. The van der Waals surface area contributed by atoms with Gasteiger partial charge in [-0.25, -0.2) is 0 Å². The molecule has 0 spiro atoms. The minimum Gasteiger partial charge on any atom is -0.381 e. The number of hydrogen-bond donors (Lipinski definition) is 1. The second-order valence-corrected chi connectivity index (χ2v) is 4.23. The van der Waals surface area contributed by atoms with Crippen LogP contribution in [0, 0.1) is 12.3 Å². The van der Waals surface area contributed by atoms with Crippen LogP contribution in [0.25, 0.3) is 0 Å². The van der Waals surface area contributed by atoms with Gasteiger partial charge < -0.3 is 10.1 Å². The van der Waals surface area contributed by atoms with Crippen molar-refractivity contribution in [2.24, 2.45) is 5.92 Å². The first-order chi connectivity index (χ1) is 6.45. The van der Waals surface area contributed by atoms with E-state index in [4.69, 9.17) is 4.74 Å². The lowest BCUT2D eigenvalue weighted by Gasteiger charge is -2.22. The summed E-state index contributed by atoms with van der Waals surface area (Å²) in [4.78, 5) is 0. The fraction of sp³-hybridized carbons (Fsp3) is 0.909. The molecule has 1 radical (unpaired) electrons. The van der Waals surface area contributed by atoms with Crippen molar-refractivity contribution in [3.63, 3.8) is 0 Å². The molecule has 1 N–H and O–H groups in total. The zero-order valence-corrected chi connectivity index (χ0v) is 8.30. The molecule has 0 aromatic heterocycles. The SMILES string of the molecule is [CH](CC1CCOCC1)C1CCCN1. The standard InChI is InChI=1S/C11H20NO/c1-2-11(12-7-1)4-3-10-5-8-13-9-6-10/h4,10-12H,1-3,5-9H2. The van der Waals surface area contributed by atoms with Gasteiger partial charge in [0.25, 0.3) is 0 Å². The lowest BCUT2D eigenvalue weighted by Crippen LogP contribution is -2.24. The number of ether oxygens (including phenoxy) is 1. The van der Waals surface area contributed by atoms with Gasteiger partial charge in [0, 0.05) is 19.3 Å². The Bertz CT molecular complexity index is 137. The van der Waals surface area contributed by atoms with Crippen LogP contribution in [0.4, 0.5) is 0 Å². The van der Waals surface area contributed by atoms with Crippen molar-refractivity contribution in [1.29, 1.82) is 0 Å². The van der Waals surface area contributed by atoms with Gasteiger partial charge in [0.05, 0.1) is 0 Å². The van der Waals surface area contributed by atoms with Crippen LogP contribution in [-0.4, -0.2) is 25.8 Å². The van der Waals surface area contributed by atoms with Crippen LogP contribution in [0.15, 0.2) is 0 Å². The third kappa shape index (κ3) is 2.96. The molecule has 13 heavy (non-hydrogen) atoms. The van der Waals surface area contributed by atoms with Crippen molar-refractivity contribution < 1.29 is 4.74 Å². The Kier molecular flexibility index (Phi) is 3.62. The van der Waals surface area contributed by atoms with Crippen molar-refractivity contribution >= 4 is 0 Å². The fourth-order valence-electron chi connectivity index (χ4n) is 2.25. The molecule has 2 rings (SSSR count). The van der Waals surface area contributed by atoms with Crippen LogP contribution in [0.3, 0.4) is 0 Å². The Labute approximate surface area is 81.0 Å².